The average molecular weight is 287 g/mol. The van der Waals surface area contributed by atoms with Gasteiger partial charge in [0.1, 0.15) is 5.65 Å². The van der Waals surface area contributed by atoms with Gasteiger partial charge in [-0.3, -0.25) is 9.20 Å². The number of hydrogen-bond donors (Lipinski definition) is 3. The van der Waals surface area contributed by atoms with Crippen LogP contribution in [0.3, 0.4) is 0 Å². The fourth-order valence-electron chi connectivity index (χ4n) is 1.58. The number of aliphatic hydroxyl groups is 1. The molecule has 2 heterocycles. The summed E-state index contributed by atoms with van der Waals surface area (Å²) in [5, 5.41) is 24.9. The third-order valence-electron chi connectivity index (χ3n) is 2.25. The summed E-state index contributed by atoms with van der Waals surface area (Å²) < 4.78 is 1.23. The van der Waals surface area contributed by atoms with E-state index in [2.05, 4.69) is 4.98 Å². The first-order valence-electron chi connectivity index (χ1n) is 5.05. The van der Waals surface area contributed by atoms with Crippen LogP contribution < -0.4 is 0 Å². The molecule has 0 amide bonds. The Morgan fingerprint density at radius 3 is 2.47 bits per heavy atom. The number of aliphatic carboxylic acids is 1. The van der Waals surface area contributed by atoms with E-state index in [0.717, 1.165) is 7.11 Å². The molecule has 0 saturated carbocycles. The number of aliphatic hydroxyl groups excluding tert-OH is 1. The first-order valence-corrected chi connectivity index (χ1v) is 5.43. The molecule has 0 unspecified atom stereocenters. The zero-order valence-corrected chi connectivity index (χ0v) is 10.6. The summed E-state index contributed by atoms with van der Waals surface area (Å²) in [4.78, 5) is 25.6. The molecule has 0 aliphatic rings. The molecular formula is C11H11ClN2O5. The summed E-state index contributed by atoms with van der Waals surface area (Å²) in [6.45, 7) is 0. The molecule has 2 rings (SSSR count). The van der Waals surface area contributed by atoms with Crippen molar-refractivity contribution >= 4 is 29.2 Å². The second-order valence-corrected chi connectivity index (χ2v) is 3.75. The van der Waals surface area contributed by atoms with Crippen molar-refractivity contribution in [3.05, 3.63) is 34.7 Å². The number of carbonyl (C=O) groups is 2. The Bertz CT molecular complexity index is 623. The van der Waals surface area contributed by atoms with E-state index >= 15 is 0 Å². The van der Waals surface area contributed by atoms with Crippen LogP contribution in [-0.2, 0) is 11.2 Å². The maximum Gasteiger partial charge on any atom is 0.354 e. The van der Waals surface area contributed by atoms with Crippen LogP contribution in [-0.4, -0.2) is 43.8 Å². The molecule has 2 aromatic heterocycles. The summed E-state index contributed by atoms with van der Waals surface area (Å²) in [7, 11) is 1.00. The highest BCUT2D eigenvalue weighted by Gasteiger charge is 2.17. The van der Waals surface area contributed by atoms with Gasteiger partial charge < -0.3 is 15.3 Å². The van der Waals surface area contributed by atoms with Gasteiger partial charge in [-0.25, -0.2) is 9.78 Å². The number of fused-ring (bicyclic) bond motifs is 1. The Balaban J connectivity index is 0.000000861. The summed E-state index contributed by atoms with van der Waals surface area (Å²) in [6.07, 6.45) is 0.798. The lowest BCUT2D eigenvalue weighted by Crippen LogP contribution is -2.10. The maximum atomic E-state index is 11.0. The van der Waals surface area contributed by atoms with E-state index in [4.69, 9.17) is 26.9 Å². The minimum atomic E-state index is -1.19. The molecule has 0 fully saturated rings. The molecule has 0 radical (unpaired) electrons. The molecule has 0 aromatic carbocycles. The smallest absolute Gasteiger partial charge is 0.354 e. The molecule has 0 atom stereocenters. The number of carboxylic acids is 2. The fourth-order valence-corrected chi connectivity index (χ4v) is 1.79. The van der Waals surface area contributed by atoms with Crippen molar-refractivity contribution < 1.29 is 24.9 Å². The van der Waals surface area contributed by atoms with Crippen LogP contribution in [0.4, 0.5) is 0 Å². The number of halogens is 1. The Morgan fingerprint density at radius 2 is 1.95 bits per heavy atom. The van der Waals surface area contributed by atoms with Crippen LogP contribution in [0.5, 0.6) is 0 Å². The number of pyridine rings is 1. The number of aromatic carboxylic acids is 1. The van der Waals surface area contributed by atoms with Crippen molar-refractivity contribution in [3.8, 4) is 0 Å². The summed E-state index contributed by atoms with van der Waals surface area (Å²) in [5.41, 5.74) is 0.438. The molecule has 2 aromatic rings. The van der Waals surface area contributed by atoms with Crippen molar-refractivity contribution in [2.75, 3.05) is 7.11 Å². The molecule has 0 aliphatic heterocycles. The topological polar surface area (TPSA) is 112 Å². The molecule has 19 heavy (non-hydrogen) atoms. The van der Waals surface area contributed by atoms with E-state index in [0.29, 0.717) is 5.65 Å². The van der Waals surface area contributed by atoms with Gasteiger partial charge in [-0.1, -0.05) is 11.6 Å². The van der Waals surface area contributed by atoms with Crippen molar-refractivity contribution in [3.63, 3.8) is 0 Å². The molecule has 0 spiro atoms. The molecule has 0 bridgehead atoms. The van der Waals surface area contributed by atoms with Crippen LogP contribution in [0.25, 0.3) is 5.65 Å². The second kappa shape index (κ2) is 6.17. The highest BCUT2D eigenvalue weighted by atomic mass is 35.5. The van der Waals surface area contributed by atoms with Gasteiger partial charge in [-0.15, -0.1) is 0 Å². The van der Waals surface area contributed by atoms with Gasteiger partial charge in [-0.05, 0) is 12.1 Å². The highest BCUT2D eigenvalue weighted by Crippen LogP contribution is 2.20. The molecule has 0 saturated heterocycles. The van der Waals surface area contributed by atoms with E-state index in [1.54, 1.807) is 0 Å². The minimum Gasteiger partial charge on any atom is -0.481 e. The van der Waals surface area contributed by atoms with Gasteiger partial charge in [0.25, 0.3) is 0 Å². The van der Waals surface area contributed by atoms with Crippen LogP contribution in [0.1, 0.15) is 16.2 Å². The number of carboxylic acid groups (broad SMARTS) is 2. The summed E-state index contributed by atoms with van der Waals surface area (Å²) in [5.74, 6) is -2.28. The summed E-state index contributed by atoms with van der Waals surface area (Å²) in [6, 6.07) is 3.02. The second-order valence-electron chi connectivity index (χ2n) is 3.34. The lowest BCUT2D eigenvalue weighted by molar-refractivity contribution is -0.136. The standard InChI is InChI=1S/C10H7ClN2O4.CH4O/c11-5-1-2-8-12-4-7(10(16)17)13(8)6(5)3-9(14)15;1-2/h1-2,4H,3H2,(H,14,15)(H,16,17);2H,1H3. The Hall–Kier alpha value is -2.12. The fraction of sp³-hybridized carbons (Fsp3) is 0.182. The SMILES string of the molecule is CO.O=C(O)Cc1c(Cl)ccc2ncc(C(=O)O)n12. The van der Waals surface area contributed by atoms with Gasteiger partial charge >= 0.3 is 11.9 Å². The van der Waals surface area contributed by atoms with Crippen LogP contribution in [0, 0.1) is 0 Å². The largest absolute Gasteiger partial charge is 0.481 e. The quantitative estimate of drug-likeness (QED) is 0.773. The van der Waals surface area contributed by atoms with E-state index in [9.17, 15) is 9.59 Å². The predicted molar refractivity (Wildman–Crippen MR) is 66.6 cm³/mol. The molecular weight excluding hydrogens is 276 g/mol. The number of nitrogens with zero attached hydrogens (tertiary/aromatic N) is 2. The highest BCUT2D eigenvalue weighted by molar-refractivity contribution is 6.31. The first-order chi connectivity index (χ1) is 9.00. The van der Waals surface area contributed by atoms with Gasteiger partial charge in [0.15, 0.2) is 5.69 Å². The van der Waals surface area contributed by atoms with E-state index in [1.165, 1.54) is 22.7 Å². The minimum absolute atomic E-state index is 0.112. The van der Waals surface area contributed by atoms with Crippen LogP contribution in [0.2, 0.25) is 5.02 Å². The van der Waals surface area contributed by atoms with E-state index in [1.807, 2.05) is 0 Å². The Labute approximate surface area is 112 Å². The molecule has 3 N–H and O–H groups in total. The molecule has 8 heteroatoms. The Morgan fingerprint density at radius 1 is 1.32 bits per heavy atom. The van der Waals surface area contributed by atoms with Crippen molar-refractivity contribution in [1.29, 1.82) is 0 Å². The van der Waals surface area contributed by atoms with E-state index in [-0.39, 0.29) is 22.8 Å². The van der Waals surface area contributed by atoms with Crippen molar-refractivity contribution in [2.45, 2.75) is 6.42 Å². The Kier molecular flexibility index (Phi) is 4.85. The molecule has 0 aliphatic carbocycles. The third-order valence-corrected chi connectivity index (χ3v) is 2.60. The van der Waals surface area contributed by atoms with Crippen molar-refractivity contribution in [2.24, 2.45) is 0 Å². The lowest BCUT2D eigenvalue weighted by atomic mass is 10.2. The van der Waals surface area contributed by atoms with Gasteiger partial charge in [0.2, 0.25) is 0 Å². The maximum absolute atomic E-state index is 11.0. The van der Waals surface area contributed by atoms with Gasteiger partial charge in [0.05, 0.1) is 23.3 Å². The third kappa shape index (κ3) is 3.01. The number of hydrogen-bond acceptors (Lipinski definition) is 4. The van der Waals surface area contributed by atoms with Crippen LogP contribution in [0.15, 0.2) is 18.3 Å². The average Bonchev–Trinajstić information content (AvgIpc) is 2.79. The predicted octanol–water partition coefficient (Wildman–Crippen LogP) is 0.921. The normalized spacial score (nSPS) is 9.84. The lowest BCUT2D eigenvalue weighted by Gasteiger charge is -2.07. The van der Waals surface area contributed by atoms with Gasteiger partial charge in [-0.2, -0.15) is 0 Å². The number of imidazole rings is 1. The molecule has 7 nitrogen and oxygen atoms in total. The van der Waals surface area contributed by atoms with Crippen molar-refractivity contribution in [1.82, 2.24) is 9.38 Å². The molecule has 102 valence electrons. The van der Waals surface area contributed by atoms with E-state index < -0.39 is 11.9 Å². The monoisotopic (exact) mass is 286 g/mol. The first kappa shape index (κ1) is 14.9. The zero-order valence-electron chi connectivity index (χ0n) is 9.87. The van der Waals surface area contributed by atoms with Gasteiger partial charge in [0, 0.05) is 7.11 Å². The zero-order chi connectivity index (χ0) is 14.6. The summed E-state index contributed by atoms with van der Waals surface area (Å²) >= 11 is 5.88. The number of rotatable bonds is 3. The van der Waals surface area contributed by atoms with Crippen LogP contribution >= 0.6 is 11.6 Å². The number of aromatic nitrogens is 2.